The third kappa shape index (κ3) is 5.97. The van der Waals surface area contributed by atoms with Gasteiger partial charge >= 0.3 is 0 Å². The van der Waals surface area contributed by atoms with Crippen LogP contribution in [0.25, 0.3) is 0 Å². The van der Waals surface area contributed by atoms with Crippen LogP contribution in [0.15, 0.2) is 35.3 Å². The van der Waals surface area contributed by atoms with Crippen molar-refractivity contribution in [3.8, 4) is 0 Å². The molecule has 146 valence electrons. The molecule has 6 nitrogen and oxygen atoms in total. The smallest absolute Gasteiger partial charge is 0.191 e. The van der Waals surface area contributed by atoms with Gasteiger partial charge in [0.05, 0.1) is 26.3 Å². The predicted octanol–water partition coefficient (Wildman–Crippen LogP) is 1.56. The van der Waals surface area contributed by atoms with Gasteiger partial charge in [0, 0.05) is 25.2 Å². The second kappa shape index (κ2) is 9.35. The second-order valence-corrected chi connectivity index (χ2v) is 7.60. The van der Waals surface area contributed by atoms with Crippen molar-refractivity contribution in [3.63, 3.8) is 0 Å². The van der Waals surface area contributed by atoms with Gasteiger partial charge in [0.15, 0.2) is 5.96 Å². The Kier molecular flexibility index (Phi) is 7.43. The number of hydrogen-bond donors (Lipinski definition) is 3. The molecule has 0 saturated carbocycles. The van der Waals surface area contributed by atoms with Gasteiger partial charge in [-0.05, 0) is 33.3 Å². The van der Waals surface area contributed by atoms with E-state index in [2.05, 4.69) is 29.4 Å². The molecule has 1 atom stereocenters. The zero-order valence-electron chi connectivity index (χ0n) is 16.6. The number of nitrogens with zero attached hydrogens (tertiary/aromatic N) is 2. The Morgan fingerprint density at radius 3 is 2.42 bits per heavy atom. The van der Waals surface area contributed by atoms with Crippen molar-refractivity contribution in [1.82, 2.24) is 15.5 Å². The lowest BCUT2D eigenvalue weighted by Crippen LogP contribution is -2.52. The van der Waals surface area contributed by atoms with Crippen molar-refractivity contribution in [2.45, 2.75) is 38.8 Å². The summed E-state index contributed by atoms with van der Waals surface area (Å²) < 4.78 is 5.45. The van der Waals surface area contributed by atoms with E-state index in [1.165, 1.54) is 0 Å². The Hall–Kier alpha value is -1.63. The number of guanidine groups is 1. The van der Waals surface area contributed by atoms with Gasteiger partial charge in [-0.25, -0.2) is 0 Å². The van der Waals surface area contributed by atoms with Crippen molar-refractivity contribution >= 4 is 5.96 Å². The summed E-state index contributed by atoms with van der Waals surface area (Å²) in [4.78, 5) is 7.18. The molecule has 1 fully saturated rings. The van der Waals surface area contributed by atoms with Crippen molar-refractivity contribution in [3.05, 3.63) is 35.9 Å². The maximum atomic E-state index is 10.8. The average Bonchev–Trinajstić information content (AvgIpc) is 2.65. The lowest BCUT2D eigenvalue weighted by Gasteiger charge is -2.40. The minimum absolute atomic E-state index is 0.0337. The molecule has 1 aromatic rings. The van der Waals surface area contributed by atoms with Gasteiger partial charge in [-0.15, -0.1) is 0 Å². The summed E-state index contributed by atoms with van der Waals surface area (Å²) in [6.45, 7) is 13.6. The molecule has 0 amide bonds. The molecule has 0 aromatic heterocycles. The molecule has 1 aliphatic rings. The molecule has 1 unspecified atom stereocenters. The highest BCUT2D eigenvalue weighted by atomic mass is 16.5. The number of nitrogens with one attached hydrogen (secondary N) is 2. The summed E-state index contributed by atoms with van der Waals surface area (Å²) in [5.41, 5.74) is -0.109. The third-order valence-corrected chi connectivity index (χ3v) is 4.83. The molecule has 0 aliphatic carbocycles. The fourth-order valence-corrected chi connectivity index (χ4v) is 3.04. The molecule has 0 bridgehead atoms. The number of hydrogen-bond acceptors (Lipinski definition) is 4. The molecular formula is C20H34N4O2. The van der Waals surface area contributed by atoms with Gasteiger partial charge in [0.25, 0.3) is 0 Å². The lowest BCUT2D eigenvalue weighted by molar-refractivity contribution is -0.00685. The first-order valence-electron chi connectivity index (χ1n) is 9.48. The Bertz CT molecular complexity index is 566. The summed E-state index contributed by atoms with van der Waals surface area (Å²) >= 11 is 0. The van der Waals surface area contributed by atoms with Crippen LogP contribution < -0.4 is 10.6 Å². The highest BCUT2D eigenvalue weighted by Crippen LogP contribution is 2.19. The van der Waals surface area contributed by atoms with Crippen LogP contribution in [0.1, 0.15) is 33.3 Å². The molecule has 0 spiro atoms. The van der Waals surface area contributed by atoms with E-state index in [1.54, 1.807) is 0 Å². The molecule has 1 aromatic carbocycles. The fraction of sp³-hybridized carbons (Fsp3) is 0.650. The molecular weight excluding hydrogens is 328 g/mol. The molecule has 1 saturated heterocycles. The second-order valence-electron chi connectivity index (χ2n) is 7.60. The maximum absolute atomic E-state index is 10.8. The Morgan fingerprint density at radius 1 is 1.15 bits per heavy atom. The van der Waals surface area contributed by atoms with E-state index in [0.29, 0.717) is 13.1 Å². The first kappa shape index (κ1) is 20.7. The number of rotatable bonds is 7. The summed E-state index contributed by atoms with van der Waals surface area (Å²) in [6, 6.07) is 9.70. The van der Waals surface area contributed by atoms with E-state index >= 15 is 0 Å². The van der Waals surface area contributed by atoms with E-state index in [1.807, 2.05) is 44.2 Å². The van der Waals surface area contributed by atoms with Crippen LogP contribution in [0.4, 0.5) is 0 Å². The van der Waals surface area contributed by atoms with Crippen molar-refractivity contribution < 1.29 is 9.84 Å². The summed E-state index contributed by atoms with van der Waals surface area (Å²) in [6.07, 6.45) is 0. The maximum Gasteiger partial charge on any atom is 0.191 e. The van der Waals surface area contributed by atoms with E-state index in [4.69, 9.17) is 9.73 Å². The van der Waals surface area contributed by atoms with Gasteiger partial charge in [0.1, 0.15) is 5.60 Å². The monoisotopic (exact) mass is 362 g/mol. The van der Waals surface area contributed by atoms with Gasteiger partial charge in [-0.1, -0.05) is 30.3 Å². The van der Waals surface area contributed by atoms with Crippen molar-refractivity contribution in [2.75, 3.05) is 45.9 Å². The van der Waals surface area contributed by atoms with Crippen molar-refractivity contribution in [2.24, 2.45) is 4.99 Å². The SMILES string of the molecule is CCNC(=NCC(C)(C)N1CCOCC1)NCC(C)(O)c1ccccc1. The van der Waals surface area contributed by atoms with Crippen LogP contribution in [0.2, 0.25) is 0 Å². The van der Waals surface area contributed by atoms with Crippen LogP contribution in [0.3, 0.4) is 0 Å². The summed E-state index contributed by atoms with van der Waals surface area (Å²) in [5, 5.41) is 17.3. The van der Waals surface area contributed by atoms with Crippen molar-refractivity contribution in [1.29, 1.82) is 0 Å². The first-order valence-corrected chi connectivity index (χ1v) is 9.48. The Balaban J connectivity index is 1.97. The number of benzene rings is 1. The van der Waals surface area contributed by atoms with Crippen LogP contribution in [-0.2, 0) is 10.3 Å². The fourth-order valence-electron chi connectivity index (χ4n) is 3.04. The minimum atomic E-state index is -0.961. The van der Waals surface area contributed by atoms with Crippen LogP contribution in [-0.4, -0.2) is 67.4 Å². The summed E-state index contributed by atoms with van der Waals surface area (Å²) in [7, 11) is 0. The molecule has 0 radical (unpaired) electrons. The van der Waals surface area contributed by atoms with E-state index in [-0.39, 0.29) is 5.54 Å². The number of aliphatic hydroxyl groups is 1. The molecule has 2 rings (SSSR count). The quantitative estimate of drug-likeness (QED) is 0.507. The normalized spacial score (nSPS) is 19.0. The van der Waals surface area contributed by atoms with Gasteiger partial charge in [0.2, 0.25) is 0 Å². The van der Waals surface area contributed by atoms with Crippen LogP contribution in [0, 0.1) is 0 Å². The topological polar surface area (TPSA) is 69.1 Å². The van der Waals surface area contributed by atoms with Gasteiger partial charge in [-0.2, -0.15) is 0 Å². The van der Waals surface area contributed by atoms with E-state index in [0.717, 1.165) is 44.4 Å². The van der Waals surface area contributed by atoms with E-state index in [9.17, 15) is 5.11 Å². The molecule has 1 heterocycles. The Morgan fingerprint density at radius 2 is 1.81 bits per heavy atom. The zero-order valence-corrected chi connectivity index (χ0v) is 16.6. The van der Waals surface area contributed by atoms with E-state index < -0.39 is 5.60 Å². The zero-order chi connectivity index (χ0) is 19.0. The number of morpholine rings is 1. The largest absolute Gasteiger partial charge is 0.384 e. The minimum Gasteiger partial charge on any atom is -0.384 e. The summed E-state index contributed by atoms with van der Waals surface area (Å²) in [5.74, 6) is 0.727. The number of aliphatic imine (C=N–C) groups is 1. The third-order valence-electron chi connectivity index (χ3n) is 4.83. The van der Waals surface area contributed by atoms with Gasteiger partial charge < -0.3 is 20.5 Å². The highest BCUT2D eigenvalue weighted by Gasteiger charge is 2.28. The van der Waals surface area contributed by atoms with Crippen LogP contribution in [0.5, 0.6) is 0 Å². The molecule has 6 heteroatoms. The average molecular weight is 363 g/mol. The van der Waals surface area contributed by atoms with Crippen LogP contribution >= 0.6 is 0 Å². The van der Waals surface area contributed by atoms with Gasteiger partial charge in [-0.3, -0.25) is 9.89 Å². The number of ether oxygens (including phenoxy) is 1. The standard InChI is InChI=1S/C20H34N4O2/c1-5-21-18(22-15-19(2,3)24-11-13-26-14-12-24)23-16-20(4,25)17-9-7-6-8-10-17/h6-10,25H,5,11-16H2,1-4H3,(H2,21,22,23). The Labute approximate surface area is 157 Å². The molecule has 26 heavy (non-hydrogen) atoms. The predicted molar refractivity (Wildman–Crippen MR) is 106 cm³/mol. The first-order chi connectivity index (χ1) is 12.3. The lowest BCUT2D eigenvalue weighted by atomic mass is 9.96. The highest BCUT2D eigenvalue weighted by molar-refractivity contribution is 5.79. The molecule has 3 N–H and O–H groups in total. The molecule has 1 aliphatic heterocycles.